The summed E-state index contributed by atoms with van der Waals surface area (Å²) in [7, 11) is 1.49. The molecule has 0 fully saturated rings. The van der Waals surface area contributed by atoms with E-state index >= 15 is 0 Å². The molecule has 0 amide bonds. The molecule has 100 valence electrons. The van der Waals surface area contributed by atoms with Crippen molar-refractivity contribution < 1.29 is 9.53 Å². The minimum atomic E-state index is -0.238. The Balaban J connectivity index is 2.27. The van der Waals surface area contributed by atoms with Crippen molar-refractivity contribution in [3.63, 3.8) is 0 Å². The number of hydrogen-bond donors (Lipinski definition) is 1. The van der Waals surface area contributed by atoms with E-state index in [1.807, 2.05) is 0 Å². The number of halogens is 1. The molecule has 0 atom stereocenters. The van der Waals surface area contributed by atoms with Crippen molar-refractivity contribution in [2.75, 3.05) is 13.7 Å². The van der Waals surface area contributed by atoms with Gasteiger partial charge in [0.25, 0.3) is 0 Å². The second-order valence-corrected chi connectivity index (χ2v) is 4.24. The van der Waals surface area contributed by atoms with Crippen LogP contribution >= 0.6 is 11.6 Å². The quantitative estimate of drug-likeness (QED) is 0.830. The fraction of sp³-hybridized carbons (Fsp3) is 0.250. The van der Waals surface area contributed by atoms with Crippen molar-refractivity contribution >= 4 is 17.4 Å². The largest absolute Gasteiger partial charge is 0.495 e. The Morgan fingerprint density at radius 2 is 2.32 bits per heavy atom. The zero-order chi connectivity index (χ0) is 13.8. The number of methoxy groups -OCH3 is 1. The van der Waals surface area contributed by atoms with E-state index in [0.29, 0.717) is 29.4 Å². The smallest absolute Gasteiger partial charge is 0.215 e. The van der Waals surface area contributed by atoms with Crippen LogP contribution < -0.4 is 10.5 Å². The normalized spacial score (nSPS) is 10.5. The van der Waals surface area contributed by atoms with Crippen LogP contribution in [-0.4, -0.2) is 34.4 Å². The molecule has 1 heterocycles. The highest BCUT2D eigenvalue weighted by Gasteiger charge is 2.15. The third-order valence-corrected chi connectivity index (χ3v) is 2.86. The number of benzene rings is 1. The van der Waals surface area contributed by atoms with Crippen LogP contribution in [0.4, 0.5) is 0 Å². The summed E-state index contributed by atoms with van der Waals surface area (Å²) in [5.74, 6) is 0.208. The molecule has 1 aromatic carbocycles. The average molecular weight is 281 g/mol. The van der Waals surface area contributed by atoms with Crippen molar-refractivity contribution in [3.8, 4) is 5.75 Å². The molecule has 0 unspecified atom stereocenters. The van der Waals surface area contributed by atoms with Gasteiger partial charge in [-0.25, -0.2) is 0 Å². The second-order valence-electron chi connectivity index (χ2n) is 3.83. The van der Waals surface area contributed by atoms with E-state index in [4.69, 9.17) is 22.1 Å². The monoisotopic (exact) mass is 280 g/mol. The molecule has 0 aliphatic rings. The minimum absolute atomic E-state index is 0.238. The Morgan fingerprint density at radius 3 is 3.00 bits per heavy atom. The van der Waals surface area contributed by atoms with Crippen LogP contribution in [0, 0.1) is 0 Å². The summed E-state index contributed by atoms with van der Waals surface area (Å²) in [6, 6.07) is 4.81. The maximum Gasteiger partial charge on any atom is 0.215 e. The molecule has 7 heteroatoms. The Bertz CT molecular complexity index is 597. The molecule has 19 heavy (non-hydrogen) atoms. The molecule has 0 saturated carbocycles. The van der Waals surface area contributed by atoms with Gasteiger partial charge in [0.05, 0.1) is 24.9 Å². The van der Waals surface area contributed by atoms with Gasteiger partial charge in [0.1, 0.15) is 5.75 Å². The van der Waals surface area contributed by atoms with Crippen LogP contribution in [0.2, 0.25) is 5.02 Å². The van der Waals surface area contributed by atoms with E-state index in [9.17, 15) is 4.79 Å². The number of nitrogens with zero attached hydrogens (tertiary/aromatic N) is 3. The topological polar surface area (TPSA) is 83.0 Å². The third-order valence-electron chi connectivity index (χ3n) is 2.54. The van der Waals surface area contributed by atoms with Gasteiger partial charge in [-0.15, -0.1) is 5.10 Å². The maximum absolute atomic E-state index is 12.2. The molecule has 1 aromatic heterocycles. The highest BCUT2D eigenvalue weighted by molar-refractivity contribution is 6.32. The summed E-state index contributed by atoms with van der Waals surface area (Å²) in [5.41, 5.74) is 6.11. The van der Waals surface area contributed by atoms with Gasteiger partial charge in [-0.05, 0) is 18.2 Å². The van der Waals surface area contributed by atoms with Gasteiger partial charge in [0.15, 0.2) is 5.69 Å². The lowest BCUT2D eigenvalue weighted by Gasteiger charge is -2.04. The predicted octanol–water partition coefficient (Wildman–Crippen LogP) is 1.13. The highest BCUT2D eigenvalue weighted by atomic mass is 35.5. The van der Waals surface area contributed by atoms with E-state index in [-0.39, 0.29) is 11.5 Å². The van der Waals surface area contributed by atoms with Crippen molar-refractivity contribution in [3.05, 3.63) is 40.7 Å². The lowest BCUT2D eigenvalue weighted by molar-refractivity contribution is 0.103. The number of ketones is 1. The molecule has 0 aliphatic heterocycles. The van der Waals surface area contributed by atoms with Crippen LogP contribution in [0.5, 0.6) is 5.75 Å². The SMILES string of the molecule is COc1cc(C(=O)c2cn(CCN)nn2)ccc1Cl. The summed E-state index contributed by atoms with van der Waals surface area (Å²) in [4.78, 5) is 12.2. The maximum atomic E-state index is 12.2. The lowest BCUT2D eigenvalue weighted by Crippen LogP contribution is -2.10. The molecular formula is C12H13ClN4O2. The summed E-state index contributed by atoms with van der Waals surface area (Å²) in [6.07, 6.45) is 1.57. The van der Waals surface area contributed by atoms with Crippen LogP contribution in [-0.2, 0) is 6.54 Å². The van der Waals surface area contributed by atoms with Gasteiger partial charge in [-0.3, -0.25) is 9.48 Å². The van der Waals surface area contributed by atoms with Gasteiger partial charge in [-0.1, -0.05) is 16.8 Å². The zero-order valence-electron chi connectivity index (χ0n) is 10.3. The Kier molecular flexibility index (Phi) is 4.13. The van der Waals surface area contributed by atoms with E-state index < -0.39 is 0 Å². The number of rotatable bonds is 5. The first-order valence-electron chi connectivity index (χ1n) is 5.64. The van der Waals surface area contributed by atoms with E-state index in [1.165, 1.54) is 11.8 Å². The third kappa shape index (κ3) is 2.91. The Hall–Kier alpha value is -1.92. The number of nitrogens with two attached hydrogens (primary N) is 1. The van der Waals surface area contributed by atoms with Crippen molar-refractivity contribution in [2.24, 2.45) is 5.73 Å². The number of carbonyl (C=O) groups is 1. The first kappa shape index (κ1) is 13.5. The van der Waals surface area contributed by atoms with Crippen LogP contribution in [0.1, 0.15) is 16.1 Å². The zero-order valence-corrected chi connectivity index (χ0v) is 11.1. The fourth-order valence-corrected chi connectivity index (χ4v) is 1.79. The molecule has 6 nitrogen and oxygen atoms in total. The summed E-state index contributed by atoms with van der Waals surface area (Å²) < 4.78 is 6.60. The molecule has 2 aromatic rings. The van der Waals surface area contributed by atoms with Crippen molar-refractivity contribution in [1.29, 1.82) is 0 Å². The molecule has 2 N–H and O–H groups in total. The van der Waals surface area contributed by atoms with Gasteiger partial charge in [0.2, 0.25) is 5.78 Å². The average Bonchev–Trinajstić information content (AvgIpc) is 2.87. The number of hydrogen-bond acceptors (Lipinski definition) is 5. The fourth-order valence-electron chi connectivity index (χ4n) is 1.59. The molecule has 0 spiro atoms. The Morgan fingerprint density at radius 1 is 1.53 bits per heavy atom. The van der Waals surface area contributed by atoms with Gasteiger partial charge >= 0.3 is 0 Å². The molecule has 2 rings (SSSR count). The van der Waals surface area contributed by atoms with Crippen molar-refractivity contribution in [1.82, 2.24) is 15.0 Å². The molecule has 0 saturated heterocycles. The predicted molar refractivity (Wildman–Crippen MR) is 70.5 cm³/mol. The highest BCUT2D eigenvalue weighted by Crippen LogP contribution is 2.25. The summed E-state index contributed by atoms with van der Waals surface area (Å²) >= 11 is 5.91. The van der Waals surface area contributed by atoms with Crippen molar-refractivity contribution in [2.45, 2.75) is 6.54 Å². The van der Waals surface area contributed by atoms with E-state index in [2.05, 4.69) is 10.3 Å². The number of ether oxygens (including phenoxy) is 1. The first-order chi connectivity index (χ1) is 9.15. The van der Waals surface area contributed by atoms with Gasteiger partial charge in [-0.2, -0.15) is 0 Å². The molecule has 0 bridgehead atoms. The minimum Gasteiger partial charge on any atom is -0.495 e. The van der Waals surface area contributed by atoms with Crippen LogP contribution in [0.25, 0.3) is 0 Å². The number of carbonyl (C=O) groups excluding carboxylic acids is 1. The summed E-state index contributed by atoms with van der Waals surface area (Å²) in [5, 5.41) is 8.09. The Labute approximate surface area is 115 Å². The van der Waals surface area contributed by atoms with Crippen LogP contribution in [0.3, 0.4) is 0 Å². The number of aromatic nitrogens is 3. The second kappa shape index (κ2) is 5.81. The molecule has 0 radical (unpaired) electrons. The summed E-state index contributed by atoms with van der Waals surface area (Å²) in [6.45, 7) is 0.954. The van der Waals surface area contributed by atoms with E-state index in [1.54, 1.807) is 24.4 Å². The molecule has 0 aliphatic carbocycles. The molecular weight excluding hydrogens is 268 g/mol. The standard InChI is InChI=1S/C12H13ClN4O2/c1-19-11-6-8(2-3-9(11)13)12(18)10-7-17(5-4-14)16-15-10/h2-3,6-7H,4-5,14H2,1H3. The van der Waals surface area contributed by atoms with Gasteiger partial charge in [0, 0.05) is 12.1 Å². The lowest BCUT2D eigenvalue weighted by atomic mass is 10.1. The van der Waals surface area contributed by atoms with Crippen LogP contribution in [0.15, 0.2) is 24.4 Å². The van der Waals surface area contributed by atoms with E-state index in [0.717, 1.165) is 0 Å². The first-order valence-corrected chi connectivity index (χ1v) is 6.02. The van der Waals surface area contributed by atoms with Gasteiger partial charge < -0.3 is 10.5 Å².